The Morgan fingerprint density at radius 3 is 2.74 bits per heavy atom. The molecule has 0 aliphatic rings. The monoisotopic (exact) mass is 294 g/mol. The Bertz CT molecular complexity index is 555. The molecule has 0 bridgehead atoms. The molecule has 0 spiro atoms. The second kappa shape index (κ2) is 5.81. The first-order valence-corrected chi connectivity index (χ1v) is 8.27. The van der Waals surface area contributed by atoms with E-state index in [4.69, 9.17) is 4.98 Å². The molecule has 104 valence electrons. The Morgan fingerprint density at radius 2 is 2.11 bits per heavy atom. The highest BCUT2D eigenvalue weighted by atomic mass is 32.2. The third-order valence-corrected chi connectivity index (χ3v) is 4.97. The Balaban J connectivity index is 2.00. The molecule has 1 atom stereocenters. The summed E-state index contributed by atoms with van der Waals surface area (Å²) in [5, 5.41) is 0. The molecular formula is C15H22N2S2. The number of fused-ring (bicyclic) bond motifs is 1. The minimum Gasteiger partial charge on any atom is -0.255 e. The molecule has 19 heavy (non-hydrogen) atoms. The molecule has 0 radical (unpaired) electrons. The van der Waals surface area contributed by atoms with Crippen molar-refractivity contribution in [2.24, 2.45) is 5.41 Å². The van der Waals surface area contributed by atoms with Crippen LogP contribution in [0.3, 0.4) is 0 Å². The number of aryl methyl sites for hydroxylation is 1. The zero-order chi connectivity index (χ0) is 14.0. The van der Waals surface area contributed by atoms with Crippen molar-refractivity contribution in [3.05, 3.63) is 23.8 Å². The fraction of sp³-hybridized carbons (Fsp3) is 0.533. The fourth-order valence-electron chi connectivity index (χ4n) is 2.22. The van der Waals surface area contributed by atoms with E-state index in [1.54, 1.807) is 23.3 Å². The van der Waals surface area contributed by atoms with Crippen LogP contribution in [0, 0.1) is 12.3 Å². The van der Waals surface area contributed by atoms with Gasteiger partial charge in [0.1, 0.15) is 0 Å². The van der Waals surface area contributed by atoms with Crippen molar-refractivity contribution < 1.29 is 0 Å². The lowest BCUT2D eigenvalue weighted by molar-refractivity contribution is 0.341. The van der Waals surface area contributed by atoms with E-state index in [0.29, 0.717) is 11.5 Å². The van der Waals surface area contributed by atoms with Gasteiger partial charge in [-0.05, 0) is 49.3 Å². The van der Waals surface area contributed by atoms with Gasteiger partial charge >= 0.3 is 0 Å². The third-order valence-electron chi connectivity index (χ3n) is 2.87. The Hall–Kier alpha value is -0.580. The SMILES string of the molecule is Cc1cccc2sc(SNC(C)CC(C)(C)C)nc12. The van der Waals surface area contributed by atoms with Gasteiger partial charge in [0.25, 0.3) is 0 Å². The van der Waals surface area contributed by atoms with Crippen LogP contribution in [-0.4, -0.2) is 11.0 Å². The summed E-state index contributed by atoms with van der Waals surface area (Å²) in [5.41, 5.74) is 2.75. The topological polar surface area (TPSA) is 24.9 Å². The molecule has 1 unspecified atom stereocenters. The molecule has 0 aliphatic heterocycles. The zero-order valence-electron chi connectivity index (χ0n) is 12.3. The van der Waals surface area contributed by atoms with Crippen LogP contribution in [0.1, 0.15) is 39.7 Å². The smallest absolute Gasteiger partial charge is 0.166 e. The lowest BCUT2D eigenvalue weighted by atomic mass is 9.89. The predicted molar refractivity (Wildman–Crippen MR) is 86.9 cm³/mol. The second-order valence-electron chi connectivity index (χ2n) is 6.29. The van der Waals surface area contributed by atoms with Crippen molar-refractivity contribution in [2.75, 3.05) is 0 Å². The normalized spacial score (nSPS) is 13.9. The summed E-state index contributed by atoms with van der Waals surface area (Å²) in [7, 11) is 0. The van der Waals surface area contributed by atoms with Crippen LogP contribution in [0.25, 0.3) is 10.2 Å². The summed E-state index contributed by atoms with van der Waals surface area (Å²) in [6.45, 7) is 11.2. The van der Waals surface area contributed by atoms with Crippen LogP contribution in [-0.2, 0) is 0 Å². The van der Waals surface area contributed by atoms with Crippen molar-refractivity contribution in [2.45, 2.75) is 51.4 Å². The first-order valence-electron chi connectivity index (χ1n) is 6.64. The quantitative estimate of drug-likeness (QED) is 0.801. The van der Waals surface area contributed by atoms with Crippen LogP contribution in [0.2, 0.25) is 0 Å². The molecular weight excluding hydrogens is 272 g/mol. The van der Waals surface area contributed by atoms with Gasteiger partial charge in [-0.25, -0.2) is 4.98 Å². The lowest BCUT2D eigenvalue weighted by Crippen LogP contribution is -2.25. The number of aromatic nitrogens is 1. The van der Waals surface area contributed by atoms with Gasteiger partial charge in [0.05, 0.1) is 10.2 Å². The van der Waals surface area contributed by atoms with E-state index in [1.807, 2.05) is 0 Å². The minimum absolute atomic E-state index is 0.358. The average molecular weight is 294 g/mol. The summed E-state index contributed by atoms with van der Waals surface area (Å²) < 4.78 is 5.87. The van der Waals surface area contributed by atoms with E-state index in [-0.39, 0.29) is 0 Å². The predicted octanol–water partition coefficient (Wildman–Crippen LogP) is 5.03. The number of hydrogen-bond acceptors (Lipinski definition) is 4. The maximum absolute atomic E-state index is 4.70. The molecule has 4 heteroatoms. The average Bonchev–Trinajstić information content (AvgIpc) is 2.68. The molecule has 1 aromatic heterocycles. The highest BCUT2D eigenvalue weighted by Gasteiger charge is 2.15. The number of para-hydroxylation sites is 1. The zero-order valence-corrected chi connectivity index (χ0v) is 13.9. The third kappa shape index (κ3) is 4.20. The number of hydrogen-bond donors (Lipinski definition) is 1. The van der Waals surface area contributed by atoms with E-state index >= 15 is 0 Å². The molecule has 2 rings (SSSR count). The fourth-order valence-corrected chi connectivity index (χ4v) is 4.10. The maximum Gasteiger partial charge on any atom is 0.166 e. The number of thiazole rings is 1. The van der Waals surface area contributed by atoms with Gasteiger partial charge in [0.2, 0.25) is 0 Å². The molecule has 0 saturated heterocycles. The Morgan fingerprint density at radius 1 is 1.37 bits per heavy atom. The van der Waals surface area contributed by atoms with Crippen LogP contribution in [0.5, 0.6) is 0 Å². The summed E-state index contributed by atoms with van der Waals surface area (Å²) in [6, 6.07) is 6.84. The van der Waals surface area contributed by atoms with Gasteiger partial charge in [-0.2, -0.15) is 0 Å². The first kappa shape index (κ1) is 14.8. The molecule has 0 amide bonds. The van der Waals surface area contributed by atoms with Crippen molar-refractivity contribution in [3.8, 4) is 0 Å². The molecule has 1 aromatic carbocycles. The molecule has 0 saturated carbocycles. The van der Waals surface area contributed by atoms with E-state index in [1.165, 1.54) is 10.3 Å². The molecule has 2 nitrogen and oxygen atoms in total. The summed E-state index contributed by atoms with van der Waals surface area (Å²) >= 11 is 3.42. The molecule has 2 aromatic rings. The van der Waals surface area contributed by atoms with Crippen molar-refractivity contribution >= 4 is 33.5 Å². The van der Waals surface area contributed by atoms with E-state index in [9.17, 15) is 0 Å². The number of benzene rings is 1. The van der Waals surface area contributed by atoms with Gasteiger partial charge in [-0.15, -0.1) is 11.3 Å². The van der Waals surface area contributed by atoms with Gasteiger partial charge < -0.3 is 0 Å². The van der Waals surface area contributed by atoms with Crippen molar-refractivity contribution in [1.29, 1.82) is 0 Å². The van der Waals surface area contributed by atoms with Gasteiger partial charge in [-0.1, -0.05) is 32.9 Å². The van der Waals surface area contributed by atoms with E-state index in [2.05, 4.69) is 57.5 Å². The number of nitrogens with zero attached hydrogens (tertiary/aromatic N) is 1. The summed E-state index contributed by atoms with van der Waals surface area (Å²) in [4.78, 5) is 4.70. The molecule has 1 N–H and O–H groups in total. The summed E-state index contributed by atoms with van der Waals surface area (Å²) in [5.74, 6) is 0. The second-order valence-corrected chi connectivity index (χ2v) is 8.40. The molecule has 0 fully saturated rings. The van der Waals surface area contributed by atoms with Crippen LogP contribution < -0.4 is 4.72 Å². The highest BCUT2D eigenvalue weighted by molar-refractivity contribution is 7.99. The van der Waals surface area contributed by atoms with Crippen LogP contribution in [0.15, 0.2) is 22.5 Å². The van der Waals surface area contributed by atoms with Crippen molar-refractivity contribution in [3.63, 3.8) is 0 Å². The molecule has 1 heterocycles. The van der Waals surface area contributed by atoms with Gasteiger partial charge in [0.15, 0.2) is 4.34 Å². The minimum atomic E-state index is 0.358. The lowest BCUT2D eigenvalue weighted by Gasteiger charge is -2.23. The standard InChI is InChI=1S/C15H22N2S2/c1-10-7-6-8-12-13(10)16-14(18-12)19-17-11(2)9-15(3,4)5/h6-8,11,17H,9H2,1-5H3. The van der Waals surface area contributed by atoms with E-state index < -0.39 is 0 Å². The number of rotatable bonds is 4. The van der Waals surface area contributed by atoms with Gasteiger partial charge in [-0.3, -0.25) is 4.72 Å². The first-order chi connectivity index (χ1) is 8.85. The number of nitrogens with one attached hydrogen (secondary N) is 1. The maximum atomic E-state index is 4.70. The van der Waals surface area contributed by atoms with E-state index in [0.717, 1.165) is 16.3 Å². The van der Waals surface area contributed by atoms with Crippen LogP contribution >= 0.6 is 23.3 Å². The largest absolute Gasteiger partial charge is 0.255 e. The molecule has 0 aliphatic carbocycles. The Kier molecular flexibility index (Phi) is 4.54. The van der Waals surface area contributed by atoms with Gasteiger partial charge in [0, 0.05) is 6.04 Å². The summed E-state index contributed by atoms with van der Waals surface area (Å²) in [6.07, 6.45) is 1.16. The Labute approximate surface area is 124 Å². The van der Waals surface area contributed by atoms with Crippen molar-refractivity contribution in [1.82, 2.24) is 9.71 Å². The highest BCUT2D eigenvalue weighted by Crippen LogP contribution is 2.30. The van der Waals surface area contributed by atoms with Crippen LogP contribution in [0.4, 0.5) is 0 Å².